The van der Waals surface area contributed by atoms with Gasteiger partial charge in [-0.15, -0.1) is 0 Å². The number of Topliss-reactive ketones (excluding diaryl/α,β-unsaturated/α-hetero) is 2. The second-order valence-electron chi connectivity index (χ2n) is 15.0. The van der Waals surface area contributed by atoms with Gasteiger partial charge in [-0.25, -0.2) is 0 Å². The van der Waals surface area contributed by atoms with E-state index in [2.05, 4.69) is 31.0 Å². The summed E-state index contributed by atoms with van der Waals surface area (Å²) in [7, 11) is 0. The van der Waals surface area contributed by atoms with Crippen molar-refractivity contribution >= 4 is 45.7 Å². The van der Waals surface area contributed by atoms with E-state index >= 15 is 0 Å². The number of anilines is 2. The van der Waals surface area contributed by atoms with Crippen molar-refractivity contribution in [3.8, 4) is 0 Å². The molecule has 0 fully saturated rings. The molecule has 0 aliphatic carbocycles. The van der Waals surface area contributed by atoms with Crippen LogP contribution in [0.4, 0.5) is 37.7 Å². The molecule has 0 spiro atoms. The Morgan fingerprint density at radius 3 is 1.11 bits per heavy atom. The van der Waals surface area contributed by atoms with Crippen molar-refractivity contribution in [3.63, 3.8) is 0 Å². The highest BCUT2D eigenvalue weighted by Gasteiger charge is 2.42. The fraction of sp³-hybridized carbons (Fsp3) is 0.600. The average Bonchev–Trinajstić information content (AvgIpc) is 3.00. The van der Waals surface area contributed by atoms with Gasteiger partial charge in [-0.3, -0.25) is 19.2 Å². The van der Waals surface area contributed by atoms with Crippen LogP contribution in [0.5, 0.6) is 0 Å². The normalized spacial score (nSPS) is 11.8. The Morgan fingerprint density at radius 1 is 0.593 bits per heavy atom. The van der Waals surface area contributed by atoms with Gasteiger partial charge in [-0.1, -0.05) is 77.2 Å². The first-order chi connectivity index (χ1) is 23.2. The van der Waals surface area contributed by atoms with Gasteiger partial charge in [0.15, 0.2) is 11.6 Å². The highest BCUT2D eigenvalue weighted by atomic mass is 35.5. The maximum absolute atomic E-state index is 12.5. The predicted octanol–water partition coefficient (Wildman–Crippen LogP) is 11.6. The quantitative estimate of drug-likeness (QED) is 0.119. The number of nitrogen functional groups attached to an aromatic ring is 1. The lowest BCUT2D eigenvalue weighted by Gasteiger charge is -2.29. The first-order valence-corrected chi connectivity index (χ1v) is 17.0. The molecule has 0 bridgehead atoms. The largest absolute Gasteiger partial charge is 0.416 e. The Hall–Kier alpha value is -3.45. The molecule has 1 amide bonds. The topological polar surface area (TPSA) is 110 Å². The summed E-state index contributed by atoms with van der Waals surface area (Å²) in [4.78, 5) is 49.4. The van der Waals surface area contributed by atoms with E-state index in [-0.39, 0.29) is 32.1 Å². The minimum atomic E-state index is -4.43. The molecular formula is C40H64ClF6N3O4. The number of rotatable bonds is 8. The van der Waals surface area contributed by atoms with E-state index in [0.717, 1.165) is 24.3 Å². The summed E-state index contributed by atoms with van der Waals surface area (Å²) in [5.41, 5.74) is 0.720. The van der Waals surface area contributed by atoms with Crippen molar-refractivity contribution in [1.29, 1.82) is 0 Å². The molecular weight excluding hydrogens is 736 g/mol. The van der Waals surface area contributed by atoms with Crippen LogP contribution in [0, 0.1) is 21.7 Å². The van der Waals surface area contributed by atoms with Crippen LogP contribution < -0.4 is 11.1 Å². The fourth-order valence-corrected chi connectivity index (χ4v) is 4.53. The third kappa shape index (κ3) is 19.8. The van der Waals surface area contributed by atoms with Gasteiger partial charge < -0.3 is 16.0 Å². The summed E-state index contributed by atoms with van der Waals surface area (Å²) < 4.78 is 73.1. The van der Waals surface area contributed by atoms with E-state index in [9.17, 15) is 45.5 Å². The van der Waals surface area contributed by atoms with Crippen LogP contribution in [0.15, 0.2) is 48.5 Å². The number of nitrogens with two attached hydrogens (primary N) is 1. The van der Waals surface area contributed by atoms with Crippen molar-refractivity contribution in [1.82, 2.24) is 4.90 Å². The summed E-state index contributed by atoms with van der Waals surface area (Å²) in [5.74, 6) is -0.924. The Morgan fingerprint density at radius 2 is 0.889 bits per heavy atom. The van der Waals surface area contributed by atoms with Gasteiger partial charge in [0.2, 0.25) is 11.1 Å². The molecule has 0 radical (unpaired) electrons. The second kappa shape index (κ2) is 22.8. The van der Waals surface area contributed by atoms with Crippen LogP contribution in [-0.4, -0.2) is 47.3 Å². The lowest BCUT2D eigenvalue weighted by atomic mass is 9.74. The first-order valence-electron chi connectivity index (χ1n) is 16.6. The molecule has 0 saturated heterocycles. The maximum Gasteiger partial charge on any atom is 0.416 e. The number of halogens is 7. The van der Waals surface area contributed by atoms with Gasteiger partial charge in [0.1, 0.15) is 5.41 Å². The summed E-state index contributed by atoms with van der Waals surface area (Å²) in [6, 6.07) is 8.45. The highest BCUT2D eigenvalue weighted by Crippen LogP contribution is 2.33. The SMILES string of the molecule is C.C.CC(C)(C)C(=O)C(C)(C)C(=O)Cl.CC(C)(C)C(=O)C(C)(C)C(=O)Nc1ccc(C(F)(F)F)cc1.CCN(CC)CC.Nc1ccc(C(F)(F)F)cc1. The van der Waals surface area contributed by atoms with Gasteiger partial charge >= 0.3 is 12.4 Å². The van der Waals surface area contributed by atoms with Crippen molar-refractivity contribution in [2.24, 2.45) is 21.7 Å². The lowest BCUT2D eigenvalue weighted by molar-refractivity contribution is -0.143. The second-order valence-corrected chi connectivity index (χ2v) is 15.3. The number of carbonyl (C=O) groups is 4. The number of amides is 1. The summed E-state index contributed by atoms with van der Waals surface area (Å²) >= 11 is 5.31. The van der Waals surface area contributed by atoms with Crippen molar-refractivity contribution < 1.29 is 45.5 Å². The predicted molar refractivity (Wildman–Crippen MR) is 210 cm³/mol. The molecule has 14 heteroatoms. The zero-order valence-electron chi connectivity index (χ0n) is 32.5. The molecule has 312 valence electrons. The van der Waals surface area contributed by atoms with Gasteiger partial charge in [0.05, 0.1) is 16.5 Å². The van der Waals surface area contributed by atoms with E-state index in [4.69, 9.17) is 17.3 Å². The summed E-state index contributed by atoms with van der Waals surface area (Å²) in [5, 5.41) is 1.89. The van der Waals surface area contributed by atoms with Crippen molar-refractivity contribution in [3.05, 3.63) is 59.7 Å². The third-order valence-corrected chi connectivity index (χ3v) is 8.08. The van der Waals surface area contributed by atoms with E-state index in [0.29, 0.717) is 5.69 Å². The number of benzene rings is 2. The average molecular weight is 800 g/mol. The maximum atomic E-state index is 12.5. The number of hydrogen-bond donors (Lipinski definition) is 2. The zero-order valence-corrected chi connectivity index (χ0v) is 33.3. The Labute approximate surface area is 324 Å². The zero-order chi connectivity index (χ0) is 41.7. The van der Waals surface area contributed by atoms with Gasteiger partial charge in [0, 0.05) is 22.2 Å². The molecule has 3 N–H and O–H groups in total. The third-order valence-electron chi connectivity index (χ3n) is 7.61. The number of carbonyl (C=O) groups excluding carboxylic acids is 4. The molecule has 0 aromatic heterocycles. The number of nitrogens with zero attached hydrogens (tertiary/aromatic N) is 1. The number of ketones is 2. The van der Waals surface area contributed by atoms with Crippen LogP contribution in [0.25, 0.3) is 0 Å². The molecule has 7 nitrogen and oxygen atoms in total. The fourth-order valence-electron chi connectivity index (χ4n) is 4.44. The smallest absolute Gasteiger partial charge is 0.399 e. The van der Waals surface area contributed by atoms with Crippen molar-refractivity contribution in [2.75, 3.05) is 30.7 Å². The van der Waals surface area contributed by atoms with Gasteiger partial charge in [0.25, 0.3) is 0 Å². The minimum absolute atomic E-state index is 0. The molecule has 0 unspecified atom stereocenters. The van der Waals surface area contributed by atoms with Crippen LogP contribution in [0.2, 0.25) is 0 Å². The standard InChI is InChI=1S/C16H20F3NO2.C9H15ClO2.C7H6F3N.C6H15N.2CH4/c1-14(2,3)12(21)15(4,5)13(22)20-11-8-6-10(7-9-11)16(17,18)19;1-8(2,3)6(11)9(4,5)7(10)12;8-7(9,10)5-1-3-6(11)4-2-5;1-4-7(5-2)6-3;;/h6-9H,1-5H3,(H,20,22);1-5H3;1-4H,11H2;4-6H2,1-3H3;2*1H4. The van der Waals surface area contributed by atoms with E-state index < -0.39 is 56.3 Å². The highest BCUT2D eigenvalue weighted by molar-refractivity contribution is 6.66. The molecule has 2 aromatic rings. The van der Waals surface area contributed by atoms with Gasteiger partial charge in [-0.05, 0) is 107 Å². The number of hydrogen-bond acceptors (Lipinski definition) is 6. The molecule has 0 saturated carbocycles. The number of nitrogens with one attached hydrogen (secondary N) is 1. The summed E-state index contributed by atoms with van der Waals surface area (Å²) in [6.45, 7) is 26.7. The Kier molecular flexibility index (Phi) is 24.2. The summed E-state index contributed by atoms with van der Waals surface area (Å²) in [6.07, 6.45) is -8.70. The van der Waals surface area contributed by atoms with E-state index in [1.165, 1.54) is 57.7 Å². The van der Waals surface area contributed by atoms with Crippen LogP contribution in [0.1, 0.15) is 116 Å². The molecule has 2 aromatic carbocycles. The molecule has 54 heavy (non-hydrogen) atoms. The Balaban J connectivity index is -0.000000333. The monoisotopic (exact) mass is 799 g/mol. The molecule has 0 heterocycles. The number of alkyl halides is 6. The molecule has 0 aliphatic heterocycles. The van der Waals surface area contributed by atoms with Gasteiger partial charge in [-0.2, -0.15) is 26.3 Å². The minimum Gasteiger partial charge on any atom is -0.399 e. The lowest BCUT2D eigenvalue weighted by Crippen LogP contribution is -2.43. The first kappa shape index (κ1) is 57.3. The Bertz CT molecular complexity index is 1430. The van der Waals surface area contributed by atoms with Crippen LogP contribution in [0.3, 0.4) is 0 Å². The van der Waals surface area contributed by atoms with E-state index in [1.54, 1.807) is 55.4 Å². The van der Waals surface area contributed by atoms with Crippen LogP contribution >= 0.6 is 11.6 Å². The molecule has 0 atom stereocenters. The molecule has 2 rings (SSSR count). The molecule has 0 aliphatic rings. The van der Waals surface area contributed by atoms with E-state index in [1.807, 2.05) is 0 Å². The van der Waals surface area contributed by atoms with Crippen LogP contribution in [-0.2, 0) is 31.5 Å². The van der Waals surface area contributed by atoms with Crippen molar-refractivity contribution in [2.45, 2.75) is 117 Å².